The lowest BCUT2D eigenvalue weighted by Crippen LogP contribution is -2.28. The largest absolute Gasteiger partial charge is 0.309 e. The highest BCUT2D eigenvalue weighted by molar-refractivity contribution is 6.23. The molecule has 0 amide bonds. The number of hydrogen-bond acceptors (Lipinski definition) is 3. The average Bonchev–Trinajstić information content (AvgIpc) is 2.43. The first-order valence-corrected chi connectivity index (χ1v) is 6.94. The summed E-state index contributed by atoms with van der Waals surface area (Å²) >= 11 is 0. The van der Waals surface area contributed by atoms with Crippen molar-refractivity contribution in [3.63, 3.8) is 0 Å². The van der Waals surface area contributed by atoms with Crippen molar-refractivity contribution >= 4 is 17.6 Å². The Hall–Kier alpha value is -1.74. The summed E-state index contributed by atoms with van der Waals surface area (Å²) in [6.07, 6.45) is 2.05. The second-order valence-electron chi connectivity index (χ2n) is 5.27. The first kappa shape index (κ1) is 16.3. The molecule has 1 aromatic carbocycles. The standard InChI is InChI=1S/C17H23NO2/c1-5-16(19)15(11-14-9-7-6-8-10-14)17(20)13(2)12-18(3)4/h6-11,13H,5,12H2,1-4H3/b15-11+. The fourth-order valence-corrected chi connectivity index (χ4v) is 2.09. The van der Waals surface area contributed by atoms with Gasteiger partial charge in [-0.3, -0.25) is 9.59 Å². The molecule has 1 unspecified atom stereocenters. The quantitative estimate of drug-likeness (QED) is 0.435. The van der Waals surface area contributed by atoms with Gasteiger partial charge in [0, 0.05) is 18.9 Å². The van der Waals surface area contributed by atoms with E-state index in [4.69, 9.17) is 0 Å². The van der Waals surface area contributed by atoms with Crippen molar-refractivity contribution in [3.8, 4) is 0 Å². The maximum absolute atomic E-state index is 12.5. The van der Waals surface area contributed by atoms with Crippen LogP contribution in [0.5, 0.6) is 0 Å². The van der Waals surface area contributed by atoms with Crippen LogP contribution >= 0.6 is 0 Å². The third-order valence-corrected chi connectivity index (χ3v) is 3.08. The molecule has 1 aromatic rings. The maximum atomic E-state index is 12.5. The van der Waals surface area contributed by atoms with Gasteiger partial charge in [-0.25, -0.2) is 0 Å². The highest BCUT2D eigenvalue weighted by Crippen LogP contribution is 2.15. The van der Waals surface area contributed by atoms with Gasteiger partial charge in [0.05, 0.1) is 5.57 Å². The SMILES string of the molecule is CCC(=O)/C(=C\c1ccccc1)C(=O)C(C)CN(C)C. The molecule has 20 heavy (non-hydrogen) atoms. The Morgan fingerprint density at radius 2 is 1.80 bits per heavy atom. The third kappa shape index (κ3) is 4.74. The van der Waals surface area contributed by atoms with Gasteiger partial charge in [0.1, 0.15) is 0 Å². The molecule has 0 fully saturated rings. The highest BCUT2D eigenvalue weighted by atomic mass is 16.1. The normalized spacial score (nSPS) is 13.3. The van der Waals surface area contributed by atoms with Gasteiger partial charge in [0.25, 0.3) is 0 Å². The van der Waals surface area contributed by atoms with Crippen LogP contribution in [0.15, 0.2) is 35.9 Å². The summed E-state index contributed by atoms with van der Waals surface area (Å²) in [4.78, 5) is 26.5. The second kappa shape index (κ2) is 7.75. The summed E-state index contributed by atoms with van der Waals surface area (Å²) in [7, 11) is 3.85. The van der Waals surface area contributed by atoms with Crippen molar-refractivity contribution < 1.29 is 9.59 Å². The summed E-state index contributed by atoms with van der Waals surface area (Å²) in [6, 6.07) is 9.50. The van der Waals surface area contributed by atoms with Crippen molar-refractivity contribution in [2.45, 2.75) is 20.3 Å². The number of carbonyl (C=O) groups excluding carboxylic acids is 2. The molecular weight excluding hydrogens is 250 g/mol. The van der Waals surface area contributed by atoms with E-state index >= 15 is 0 Å². The first-order valence-electron chi connectivity index (χ1n) is 6.94. The number of allylic oxidation sites excluding steroid dienone is 1. The van der Waals surface area contributed by atoms with Gasteiger partial charge in [-0.15, -0.1) is 0 Å². The fourth-order valence-electron chi connectivity index (χ4n) is 2.09. The lowest BCUT2D eigenvalue weighted by atomic mass is 9.93. The van der Waals surface area contributed by atoms with Gasteiger partial charge >= 0.3 is 0 Å². The van der Waals surface area contributed by atoms with Crippen molar-refractivity contribution in [2.24, 2.45) is 5.92 Å². The van der Waals surface area contributed by atoms with E-state index in [0.29, 0.717) is 18.5 Å². The smallest absolute Gasteiger partial charge is 0.170 e. The summed E-state index contributed by atoms with van der Waals surface area (Å²) in [5, 5.41) is 0. The minimum atomic E-state index is -0.185. The van der Waals surface area contributed by atoms with Crippen LogP contribution in [0.2, 0.25) is 0 Å². The summed E-state index contributed by atoms with van der Waals surface area (Å²) < 4.78 is 0. The number of carbonyl (C=O) groups is 2. The molecule has 0 saturated heterocycles. The van der Waals surface area contributed by atoms with Crippen LogP contribution in [-0.4, -0.2) is 37.1 Å². The molecule has 0 N–H and O–H groups in total. The molecule has 3 nitrogen and oxygen atoms in total. The second-order valence-corrected chi connectivity index (χ2v) is 5.27. The van der Waals surface area contributed by atoms with Crippen LogP contribution in [0.1, 0.15) is 25.8 Å². The molecule has 0 spiro atoms. The van der Waals surface area contributed by atoms with Crippen LogP contribution in [0.3, 0.4) is 0 Å². The van der Waals surface area contributed by atoms with E-state index in [1.165, 1.54) is 0 Å². The van der Waals surface area contributed by atoms with Crippen molar-refractivity contribution in [2.75, 3.05) is 20.6 Å². The molecule has 0 saturated carbocycles. The Kier molecular flexibility index (Phi) is 6.32. The Bertz CT molecular complexity index is 489. The molecule has 0 heterocycles. The number of benzene rings is 1. The first-order chi connectivity index (χ1) is 9.45. The Labute approximate surface area is 121 Å². The number of hydrogen-bond donors (Lipinski definition) is 0. The molecule has 0 aliphatic carbocycles. The molecule has 3 heteroatoms. The molecule has 0 aromatic heterocycles. The van der Waals surface area contributed by atoms with Crippen molar-refractivity contribution in [1.29, 1.82) is 0 Å². The molecule has 0 aliphatic rings. The van der Waals surface area contributed by atoms with E-state index in [2.05, 4.69) is 0 Å². The van der Waals surface area contributed by atoms with E-state index < -0.39 is 0 Å². The summed E-state index contributed by atoms with van der Waals surface area (Å²) in [5.41, 5.74) is 1.20. The molecule has 108 valence electrons. The van der Waals surface area contributed by atoms with E-state index in [0.717, 1.165) is 5.56 Å². The third-order valence-electron chi connectivity index (χ3n) is 3.08. The zero-order chi connectivity index (χ0) is 15.1. The fraction of sp³-hybridized carbons (Fsp3) is 0.412. The van der Waals surface area contributed by atoms with E-state index in [-0.39, 0.29) is 17.5 Å². The number of Topliss-reactive ketones (excluding diaryl/α,β-unsaturated/α-hetero) is 2. The Morgan fingerprint density at radius 1 is 1.20 bits per heavy atom. The molecule has 1 atom stereocenters. The van der Waals surface area contributed by atoms with Gasteiger partial charge in [-0.1, -0.05) is 44.2 Å². The van der Waals surface area contributed by atoms with Gasteiger partial charge < -0.3 is 4.90 Å². The summed E-state index contributed by atoms with van der Waals surface area (Å²) in [6.45, 7) is 4.29. The zero-order valence-electron chi connectivity index (χ0n) is 12.7. The lowest BCUT2D eigenvalue weighted by molar-refractivity contribution is -0.123. The number of nitrogens with zero attached hydrogens (tertiary/aromatic N) is 1. The van der Waals surface area contributed by atoms with Gasteiger partial charge in [-0.2, -0.15) is 0 Å². The molecular formula is C17H23NO2. The molecule has 1 rings (SSSR count). The van der Waals surface area contributed by atoms with Crippen LogP contribution in [0, 0.1) is 5.92 Å². The summed E-state index contributed by atoms with van der Waals surface area (Å²) in [5.74, 6) is -0.352. The number of rotatable bonds is 7. The van der Waals surface area contributed by atoms with Gasteiger partial charge in [0.2, 0.25) is 0 Å². The topological polar surface area (TPSA) is 37.4 Å². The van der Waals surface area contributed by atoms with Crippen molar-refractivity contribution in [1.82, 2.24) is 4.90 Å². The predicted octanol–water partition coefficient (Wildman–Crippen LogP) is 2.82. The minimum absolute atomic E-state index is 0.0746. The van der Waals surface area contributed by atoms with E-state index in [9.17, 15) is 9.59 Å². The van der Waals surface area contributed by atoms with Gasteiger partial charge in [0.15, 0.2) is 11.6 Å². The number of ketones is 2. The van der Waals surface area contributed by atoms with Crippen LogP contribution in [0.4, 0.5) is 0 Å². The van der Waals surface area contributed by atoms with E-state index in [1.54, 1.807) is 13.0 Å². The Balaban J connectivity index is 3.04. The maximum Gasteiger partial charge on any atom is 0.170 e. The minimum Gasteiger partial charge on any atom is -0.309 e. The van der Waals surface area contributed by atoms with Crippen LogP contribution in [-0.2, 0) is 9.59 Å². The van der Waals surface area contributed by atoms with Gasteiger partial charge in [-0.05, 0) is 25.7 Å². The zero-order valence-corrected chi connectivity index (χ0v) is 12.7. The van der Waals surface area contributed by atoms with Crippen LogP contribution < -0.4 is 0 Å². The van der Waals surface area contributed by atoms with Crippen molar-refractivity contribution in [3.05, 3.63) is 41.5 Å². The molecule has 0 radical (unpaired) electrons. The van der Waals surface area contributed by atoms with Crippen LogP contribution in [0.25, 0.3) is 6.08 Å². The average molecular weight is 273 g/mol. The molecule has 0 bridgehead atoms. The monoisotopic (exact) mass is 273 g/mol. The Morgan fingerprint density at radius 3 is 2.30 bits per heavy atom. The predicted molar refractivity (Wildman–Crippen MR) is 82.4 cm³/mol. The van der Waals surface area contributed by atoms with E-state index in [1.807, 2.05) is 56.3 Å². The highest BCUT2D eigenvalue weighted by Gasteiger charge is 2.22. The molecule has 0 aliphatic heterocycles. The lowest BCUT2D eigenvalue weighted by Gasteiger charge is -2.17.